The maximum absolute atomic E-state index is 10.6. The lowest BCUT2D eigenvalue weighted by molar-refractivity contribution is -0.192. The van der Waals surface area contributed by atoms with E-state index in [9.17, 15) is 13.2 Å². The second-order valence-corrected chi connectivity index (χ2v) is 14.2. The van der Waals surface area contributed by atoms with E-state index < -0.39 is 12.1 Å². The van der Waals surface area contributed by atoms with Crippen LogP contribution in [0.4, 0.5) is 18.3 Å². The minimum absolute atomic E-state index is 0.603. The third-order valence-electron chi connectivity index (χ3n) is 8.27. The molecule has 3 aromatic rings. The second kappa shape index (κ2) is 17.7. The molecule has 2 atom stereocenters. The first-order valence-corrected chi connectivity index (χ1v) is 17.6. The minimum Gasteiger partial charge on any atom is -0.494 e. The number of nitrogens with one attached hydrogen (secondary N) is 1. The largest absolute Gasteiger partial charge is 0.494 e. The van der Waals surface area contributed by atoms with Crippen LogP contribution in [0.2, 0.25) is 10.0 Å². The molecule has 0 saturated carbocycles. The summed E-state index contributed by atoms with van der Waals surface area (Å²) in [4.78, 5) is 18.8. The highest BCUT2D eigenvalue weighted by atomic mass is 35.5. The van der Waals surface area contributed by atoms with Crippen LogP contribution in [0.25, 0.3) is 11.3 Å². The van der Waals surface area contributed by atoms with E-state index in [1.54, 1.807) is 11.3 Å². The van der Waals surface area contributed by atoms with Crippen molar-refractivity contribution in [2.24, 2.45) is 11.8 Å². The monoisotopic (exact) mass is 714 g/mol. The van der Waals surface area contributed by atoms with E-state index in [-0.39, 0.29) is 0 Å². The normalized spacial score (nSPS) is 19.3. The van der Waals surface area contributed by atoms with Crippen LogP contribution in [0.3, 0.4) is 0 Å². The third kappa shape index (κ3) is 12.1. The van der Waals surface area contributed by atoms with Crippen LogP contribution in [0.15, 0.2) is 47.8 Å². The van der Waals surface area contributed by atoms with E-state index in [1.807, 2.05) is 12.1 Å². The predicted molar refractivity (Wildman–Crippen MR) is 184 cm³/mol. The van der Waals surface area contributed by atoms with Crippen LogP contribution in [0.1, 0.15) is 51.5 Å². The number of carbonyl (C=O) groups is 1. The number of carboxylic acid groups (broad SMARTS) is 1. The highest BCUT2D eigenvalue weighted by molar-refractivity contribution is 7.14. The van der Waals surface area contributed by atoms with Gasteiger partial charge in [0.05, 0.1) is 22.3 Å². The van der Waals surface area contributed by atoms with Gasteiger partial charge in [0.15, 0.2) is 5.13 Å². The molecule has 0 spiro atoms. The van der Waals surface area contributed by atoms with Crippen molar-refractivity contribution in [1.82, 2.24) is 15.2 Å². The minimum atomic E-state index is -5.08. The van der Waals surface area contributed by atoms with Crippen molar-refractivity contribution in [2.75, 3.05) is 44.2 Å². The lowest BCUT2D eigenvalue weighted by atomic mass is 9.92. The molecule has 7 nitrogen and oxygen atoms in total. The number of hydrogen-bond donors (Lipinski definition) is 2. The fourth-order valence-electron chi connectivity index (χ4n) is 6.00. The smallest absolute Gasteiger partial charge is 0.490 e. The highest BCUT2D eigenvalue weighted by Gasteiger charge is 2.38. The van der Waals surface area contributed by atoms with Crippen molar-refractivity contribution in [3.8, 4) is 17.0 Å². The summed E-state index contributed by atoms with van der Waals surface area (Å²) < 4.78 is 37.8. The topological polar surface area (TPSA) is 77.9 Å². The van der Waals surface area contributed by atoms with Gasteiger partial charge < -0.3 is 20.1 Å². The molecule has 2 aliphatic rings. The fraction of sp³-hybridized carbons (Fsp3) is 0.529. The zero-order chi connectivity index (χ0) is 34.0. The Hall–Kier alpha value is -2.57. The highest BCUT2D eigenvalue weighted by Crippen LogP contribution is 2.32. The van der Waals surface area contributed by atoms with Crippen LogP contribution in [0.5, 0.6) is 5.75 Å². The Labute approximate surface area is 289 Å². The number of unbranched alkanes of at least 4 members (excludes halogenated alkanes) is 1. The molecule has 1 aromatic heterocycles. The number of nitrogens with zero attached hydrogens (tertiary/aromatic N) is 3. The number of benzene rings is 2. The van der Waals surface area contributed by atoms with Gasteiger partial charge >= 0.3 is 12.1 Å². The Morgan fingerprint density at radius 3 is 2.32 bits per heavy atom. The Balaban J connectivity index is 0.000000644. The van der Waals surface area contributed by atoms with E-state index in [2.05, 4.69) is 64.7 Å². The van der Waals surface area contributed by atoms with E-state index >= 15 is 0 Å². The maximum atomic E-state index is 10.6. The molecule has 2 fully saturated rings. The number of hydrogen-bond acceptors (Lipinski definition) is 7. The number of ether oxygens (including phenoxy) is 1. The Morgan fingerprint density at radius 2 is 1.70 bits per heavy atom. The van der Waals surface area contributed by atoms with Gasteiger partial charge in [0.2, 0.25) is 0 Å². The first-order valence-electron chi connectivity index (χ1n) is 16.0. The van der Waals surface area contributed by atoms with Crippen LogP contribution >= 0.6 is 34.5 Å². The number of aliphatic carboxylic acids is 1. The summed E-state index contributed by atoms with van der Waals surface area (Å²) in [6.07, 6.45) is 0.765. The van der Waals surface area contributed by atoms with Gasteiger partial charge in [-0.25, -0.2) is 9.78 Å². The van der Waals surface area contributed by atoms with Crippen molar-refractivity contribution >= 4 is 45.6 Å². The Bertz CT molecular complexity index is 1410. The molecule has 3 heterocycles. The molecular weight excluding hydrogens is 672 g/mol. The molecular formula is C34H43Cl2F3N4O3S. The molecule has 2 unspecified atom stereocenters. The van der Waals surface area contributed by atoms with Crippen molar-refractivity contribution in [3.05, 3.63) is 63.5 Å². The van der Waals surface area contributed by atoms with Gasteiger partial charge in [-0.05, 0) is 106 Å². The van der Waals surface area contributed by atoms with E-state index in [0.717, 1.165) is 92.7 Å². The molecule has 258 valence electrons. The van der Waals surface area contributed by atoms with Crippen molar-refractivity contribution in [3.63, 3.8) is 0 Å². The molecule has 13 heteroatoms. The first-order chi connectivity index (χ1) is 22.4. The van der Waals surface area contributed by atoms with Gasteiger partial charge in [-0.1, -0.05) is 43.1 Å². The van der Waals surface area contributed by atoms with Gasteiger partial charge in [-0.3, -0.25) is 4.90 Å². The first kappa shape index (κ1) is 37.3. The number of carboxylic acids is 1. The molecule has 5 rings (SSSR count). The SMILES string of the molecule is CC1CC(C)CN(c2nc(-c3ccc(OCCCCNC4CCN(Cc5ccc(Cl)c(Cl)c5)CC4)cc3)cs2)C1.O=C(O)C(F)(F)F. The number of anilines is 1. The molecule has 2 N–H and O–H groups in total. The zero-order valence-corrected chi connectivity index (χ0v) is 29.1. The van der Waals surface area contributed by atoms with Crippen molar-refractivity contribution in [2.45, 2.75) is 64.7 Å². The van der Waals surface area contributed by atoms with Crippen LogP contribution < -0.4 is 15.0 Å². The van der Waals surface area contributed by atoms with Crippen LogP contribution in [0, 0.1) is 11.8 Å². The number of rotatable bonds is 11. The van der Waals surface area contributed by atoms with Gasteiger partial charge in [0, 0.05) is 36.6 Å². The molecule has 2 aromatic carbocycles. The Morgan fingerprint density at radius 1 is 1.04 bits per heavy atom. The number of aromatic nitrogens is 1. The standard InChI is InChI=1S/C32H42Cl2N4OS.C2HF3O2/c1-23-17-24(2)20-38(19-23)32-36-31(22-40-32)26-6-8-28(9-7-26)39-16-4-3-13-35-27-11-14-37(15-12-27)21-25-5-10-29(33)30(34)18-25;3-2(4,5)1(6)7/h5-10,18,22-24,27,35H,3-4,11-17,19-21H2,1-2H3;(H,6,7). The number of piperidine rings is 2. The lowest BCUT2D eigenvalue weighted by Gasteiger charge is -2.34. The van der Waals surface area contributed by atoms with Crippen molar-refractivity contribution < 1.29 is 27.8 Å². The molecule has 47 heavy (non-hydrogen) atoms. The summed E-state index contributed by atoms with van der Waals surface area (Å²) in [6.45, 7) is 11.9. The van der Waals surface area contributed by atoms with Gasteiger partial charge in [0.25, 0.3) is 0 Å². The lowest BCUT2D eigenvalue weighted by Crippen LogP contribution is -2.42. The summed E-state index contributed by atoms with van der Waals surface area (Å²) in [6, 6.07) is 15.0. The van der Waals surface area contributed by atoms with Crippen LogP contribution in [-0.4, -0.2) is 72.5 Å². The average Bonchev–Trinajstić information content (AvgIpc) is 3.52. The molecule has 0 bridgehead atoms. The van der Waals surface area contributed by atoms with E-state index in [0.29, 0.717) is 16.1 Å². The van der Waals surface area contributed by atoms with Crippen molar-refractivity contribution in [1.29, 1.82) is 0 Å². The summed E-state index contributed by atoms with van der Waals surface area (Å²) in [5, 5.41) is 15.5. The summed E-state index contributed by atoms with van der Waals surface area (Å²) in [7, 11) is 0. The second-order valence-electron chi connectivity index (χ2n) is 12.5. The predicted octanol–water partition coefficient (Wildman–Crippen LogP) is 8.65. The Kier molecular flexibility index (Phi) is 14.0. The number of likely N-dealkylation sites (tertiary alicyclic amines) is 1. The maximum Gasteiger partial charge on any atom is 0.490 e. The number of alkyl halides is 3. The van der Waals surface area contributed by atoms with Gasteiger partial charge in [-0.2, -0.15) is 13.2 Å². The molecule has 0 aliphatic carbocycles. The summed E-state index contributed by atoms with van der Waals surface area (Å²) >= 11 is 14.0. The number of thiazole rings is 1. The molecule has 2 saturated heterocycles. The molecule has 0 radical (unpaired) electrons. The fourth-order valence-corrected chi connectivity index (χ4v) is 7.17. The quantitative estimate of drug-likeness (QED) is 0.193. The zero-order valence-electron chi connectivity index (χ0n) is 26.7. The average molecular weight is 716 g/mol. The van der Waals surface area contributed by atoms with Gasteiger partial charge in [-0.15, -0.1) is 11.3 Å². The van der Waals surface area contributed by atoms with Gasteiger partial charge in [0.1, 0.15) is 5.75 Å². The van der Waals surface area contributed by atoms with E-state index in [1.165, 1.54) is 24.8 Å². The van der Waals surface area contributed by atoms with Crippen LogP contribution in [-0.2, 0) is 11.3 Å². The molecule has 0 amide bonds. The summed E-state index contributed by atoms with van der Waals surface area (Å²) in [5.41, 5.74) is 3.44. The third-order valence-corrected chi connectivity index (χ3v) is 9.92. The summed E-state index contributed by atoms with van der Waals surface area (Å²) in [5.74, 6) is -0.366. The van der Waals surface area contributed by atoms with E-state index in [4.69, 9.17) is 42.8 Å². The number of halogens is 5. The molecule has 2 aliphatic heterocycles.